The summed E-state index contributed by atoms with van der Waals surface area (Å²) < 4.78 is 0.721. The zero-order valence-electron chi connectivity index (χ0n) is 10.9. The number of carbonyl (C=O) groups excluding carboxylic acids is 2. The number of nitrogens with zero attached hydrogens (tertiary/aromatic N) is 2. The van der Waals surface area contributed by atoms with E-state index in [1.54, 1.807) is 17.0 Å². The van der Waals surface area contributed by atoms with E-state index in [-0.39, 0.29) is 16.9 Å². The van der Waals surface area contributed by atoms with Crippen LogP contribution in [0.3, 0.4) is 0 Å². The largest absolute Gasteiger partial charge is 0.312 e. The van der Waals surface area contributed by atoms with Gasteiger partial charge < -0.3 is 4.90 Å². The molecular weight excluding hydrogens is 340 g/mol. The molecule has 6 heteroatoms. The highest BCUT2D eigenvalue weighted by molar-refractivity contribution is 9.10. The van der Waals surface area contributed by atoms with Crippen LogP contribution in [0.5, 0.6) is 0 Å². The molecule has 0 aliphatic carbocycles. The number of anilines is 1. The fraction of sp³-hybridized carbons (Fsp3) is 0.357. The van der Waals surface area contributed by atoms with Gasteiger partial charge in [0, 0.05) is 35.8 Å². The van der Waals surface area contributed by atoms with Crippen molar-refractivity contribution in [3.05, 3.63) is 28.2 Å². The number of benzene rings is 1. The Morgan fingerprint density at radius 1 is 1.60 bits per heavy atom. The van der Waals surface area contributed by atoms with Crippen molar-refractivity contribution in [2.45, 2.75) is 13.3 Å². The Hall–Kier alpha value is -1.32. The second kappa shape index (κ2) is 6.42. The van der Waals surface area contributed by atoms with Gasteiger partial charge in [0.1, 0.15) is 6.07 Å². The summed E-state index contributed by atoms with van der Waals surface area (Å²) in [5.41, 5.74) is 1.25. The van der Waals surface area contributed by atoms with Crippen LogP contribution in [0.1, 0.15) is 18.9 Å². The van der Waals surface area contributed by atoms with Crippen molar-refractivity contribution < 1.29 is 9.59 Å². The molecule has 20 heavy (non-hydrogen) atoms. The van der Waals surface area contributed by atoms with Crippen molar-refractivity contribution in [1.29, 1.82) is 5.26 Å². The lowest BCUT2D eigenvalue weighted by molar-refractivity contribution is -0.117. The van der Waals surface area contributed by atoms with Crippen LogP contribution >= 0.6 is 27.7 Å². The maximum Gasteiger partial charge on any atom is 0.227 e. The van der Waals surface area contributed by atoms with E-state index in [4.69, 9.17) is 5.26 Å². The summed E-state index contributed by atoms with van der Waals surface area (Å²) in [5.74, 6) is 0.898. The molecule has 1 saturated heterocycles. The molecule has 0 aromatic heterocycles. The first-order chi connectivity index (χ1) is 9.51. The monoisotopic (exact) mass is 352 g/mol. The standard InChI is InChI=1S/C14H13BrN2O2S/c1-9(18)20-8-10-4-14(19)17(7-10)12-2-3-13(15)11(5-12)6-16/h2-3,5,10H,4,7-8H2,1H3. The predicted octanol–water partition coefficient (Wildman–Crippen LogP) is 2.95. The molecule has 1 atom stereocenters. The second-order valence-corrected chi connectivity index (χ2v) is 6.70. The maximum atomic E-state index is 12.1. The van der Waals surface area contributed by atoms with Crippen molar-refractivity contribution in [1.82, 2.24) is 0 Å². The minimum Gasteiger partial charge on any atom is -0.312 e. The van der Waals surface area contributed by atoms with Gasteiger partial charge in [-0.3, -0.25) is 9.59 Å². The fourth-order valence-electron chi connectivity index (χ4n) is 2.14. The Bertz CT molecular complexity index is 597. The van der Waals surface area contributed by atoms with Crippen molar-refractivity contribution in [3.8, 4) is 6.07 Å². The number of amides is 1. The number of thioether (sulfide) groups is 1. The molecule has 0 spiro atoms. The predicted molar refractivity (Wildman–Crippen MR) is 82.5 cm³/mol. The molecule has 1 aromatic carbocycles. The normalized spacial score (nSPS) is 18.1. The van der Waals surface area contributed by atoms with Crippen molar-refractivity contribution >= 4 is 44.4 Å². The van der Waals surface area contributed by atoms with Gasteiger partial charge >= 0.3 is 0 Å². The lowest BCUT2D eigenvalue weighted by Crippen LogP contribution is -2.24. The third kappa shape index (κ3) is 3.41. The zero-order valence-corrected chi connectivity index (χ0v) is 13.3. The Morgan fingerprint density at radius 3 is 3.00 bits per heavy atom. The van der Waals surface area contributed by atoms with E-state index in [1.807, 2.05) is 6.07 Å². The van der Waals surface area contributed by atoms with Crippen molar-refractivity contribution in [2.24, 2.45) is 5.92 Å². The van der Waals surface area contributed by atoms with Crippen LogP contribution < -0.4 is 4.90 Å². The highest BCUT2D eigenvalue weighted by Crippen LogP contribution is 2.29. The topological polar surface area (TPSA) is 61.2 Å². The third-order valence-corrected chi connectivity index (χ3v) is 4.85. The Morgan fingerprint density at radius 2 is 2.35 bits per heavy atom. The van der Waals surface area contributed by atoms with E-state index in [1.165, 1.54) is 18.7 Å². The summed E-state index contributed by atoms with van der Waals surface area (Å²) in [7, 11) is 0. The summed E-state index contributed by atoms with van der Waals surface area (Å²) in [6.07, 6.45) is 0.457. The Balaban J connectivity index is 2.12. The first kappa shape index (κ1) is 15.1. The molecule has 1 aromatic rings. The molecular formula is C14H13BrN2O2S. The number of halogens is 1. The first-order valence-corrected chi connectivity index (χ1v) is 7.92. The lowest BCUT2D eigenvalue weighted by Gasteiger charge is -2.17. The van der Waals surface area contributed by atoms with Crippen molar-refractivity contribution in [3.63, 3.8) is 0 Å². The van der Waals surface area contributed by atoms with Gasteiger partial charge in [-0.1, -0.05) is 11.8 Å². The van der Waals surface area contributed by atoms with Gasteiger partial charge in [0.25, 0.3) is 0 Å². The number of hydrogen-bond acceptors (Lipinski definition) is 4. The van der Waals surface area contributed by atoms with Crippen LogP contribution in [0, 0.1) is 17.2 Å². The second-order valence-electron chi connectivity index (χ2n) is 4.65. The molecule has 1 heterocycles. The highest BCUT2D eigenvalue weighted by Gasteiger charge is 2.31. The number of hydrogen-bond donors (Lipinski definition) is 0. The SMILES string of the molecule is CC(=O)SCC1CC(=O)N(c2ccc(Br)c(C#N)c2)C1. The van der Waals surface area contributed by atoms with E-state index < -0.39 is 0 Å². The fourth-order valence-corrected chi connectivity index (χ4v) is 3.17. The van der Waals surface area contributed by atoms with Crippen LogP contribution in [0.4, 0.5) is 5.69 Å². The van der Waals surface area contributed by atoms with Crippen LogP contribution in [0.25, 0.3) is 0 Å². The minimum atomic E-state index is 0.0466. The smallest absolute Gasteiger partial charge is 0.227 e. The summed E-state index contributed by atoms with van der Waals surface area (Å²) >= 11 is 4.56. The van der Waals surface area contributed by atoms with Gasteiger partial charge in [-0.25, -0.2) is 0 Å². The lowest BCUT2D eigenvalue weighted by atomic mass is 10.1. The molecule has 0 N–H and O–H groups in total. The van der Waals surface area contributed by atoms with E-state index in [0.29, 0.717) is 24.3 Å². The molecule has 0 bridgehead atoms. The average Bonchev–Trinajstić information content (AvgIpc) is 2.78. The zero-order chi connectivity index (χ0) is 14.7. The molecule has 0 saturated carbocycles. The molecule has 2 rings (SSSR count). The van der Waals surface area contributed by atoms with Gasteiger partial charge in [-0.15, -0.1) is 0 Å². The number of rotatable bonds is 3. The van der Waals surface area contributed by atoms with Gasteiger partial charge in [-0.2, -0.15) is 5.26 Å². The van der Waals surface area contributed by atoms with E-state index >= 15 is 0 Å². The first-order valence-electron chi connectivity index (χ1n) is 6.14. The van der Waals surface area contributed by atoms with Crippen molar-refractivity contribution in [2.75, 3.05) is 17.2 Å². The summed E-state index contributed by atoms with van der Waals surface area (Å²) in [6, 6.07) is 7.40. The molecule has 1 amide bonds. The summed E-state index contributed by atoms with van der Waals surface area (Å²) in [5, 5.41) is 9.10. The van der Waals surface area contributed by atoms with Gasteiger partial charge in [0.2, 0.25) is 5.91 Å². The van der Waals surface area contributed by atoms with Crippen LogP contribution in [0.15, 0.2) is 22.7 Å². The van der Waals surface area contributed by atoms with Gasteiger partial charge in [-0.05, 0) is 40.0 Å². The van der Waals surface area contributed by atoms with Crippen LogP contribution in [-0.2, 0) is 9.59 Å². The van der Waals surface area contributed by atoms with Gasteiger partial charge in [0.15, 0.2) is 5.12 Å². The quantitative estimate of drug-likeness (QED) is 0.838. The molecule has 1 aliphatic rings. The molecule has 104 valence electrons. The Labute approximate surface area is 130 Å². The van der Waals surface area contributed by atoms with E-state index in [9.17, 15) is 9.59 Å². The molecule has 1 unspecified atom stereocenters. The number of carbonyl (C=O) groups is 2. The molecule has 0 radical (unpaired) electrons. The van der Waals surface area contributed by atoms with E-state index in [0.717, 1.165) is 10.2 Å². The van der Waals surface area contributed by atoms with Gasteiger partial charge in [0.05, 0.1) is 5.56 Å². The molecule has 4 nitrogen and oxygen atoms in total. The maximum absolute atomic E-state index is 12.1. The molecule has 1 fully saturated rings. The number of nitriles is 1. The third-order valence-electron chi connectivity index (χ3n) is 3.11. The minimum absolute atomic E-state index is 0.0466. The summed E-state index contributed by atoms with van der Waals surface area (Å²) in [6.45, 7) is 2.14. The van der Waals surface area contributed by atoms with Crippen LogP contribution in [0.2, 0.25) is 0 Å². The highest BCUT2D eigenvalue weighted by atomic mass is 79.9. The van der Waals surface area contributed by atoms with E-state index in [2.05, 4.69) is 22.0 Å². The average molecular weight is 353 g/mol. The molecule has 1 aliphatic heterocycles. The summed E-state index contributed by atoms with van der Waals surface area (Å²) in [4.78, 5) is 24.7. The Kier molecular flexibility index (Phi) is 4.84. The van der Waals surface area contributed by atoms with Crippen LogP contribution in [-0.4, -0.2) is 23.3 Å².